The molecule has 0 spiro atoms. The van der Waals surface area contributed by atoms with Crippen LogP contribution in [-0.2, 0) is 0 Å². The SMILES string of the molecule is CCN1CCN(C(=O)c2ccnc(Nc3cc(C)on3)n2)CC1. The van der Waals surface area contributed by atoms with Gasteiger partial charge in [0, 0.05) is 38.4 Å². The lowest BCUT2D eigenvalue weighted by atomic mass is 10.2. The standard InChI is InChI=1S/C15H20N6O2/c1-3-20-6-8-21(9-7-20)14(22)12-4-5-16-15(17-12)18-13-10-11(2)23-19-13/h4-5,10H,3,6-9H2,1-2H3,(H,16,17,18,19). The summed E-state index contributed by atoms with van der Waals surface area (Å²) in [4.78, 5) is 25.1. The van der Waals surface area contributed by atoms with Crippen LogP contribution in [0.25, 0.3) is 0 Å². The summed E-state index contributed by atoms with van der Waals surface area (Å²) < 4.78 is 4.98. The van der Waals surface area contributed by atoms with E-state index < -0.39 is 0 Å². The van der Waals surface area contributed by atoms with Crippen LogP contribution in [0.2, 0.25) is 0 Å². The molecule has 2 aromatic rings. The molecule has 1 aliphatic rings. The van der Waals surface area contributed by atoms with E-state index in [2.05, 4.69) is 32.3 Å². The summed E-state index contributed by atoms with van der Waals surface area (Å²) in [5.41, 5.74) is 0.382. The van der Waals surface area contributed by atoms with Crippen LogP contribution in [0, 0.1) is 6.92 Å². The van der Waals surface area contributed by atoms with Crippen molar-refractivity contribution in [1.82, 2.24) is 24.9 Å². The minimum atomic E-state index is -0.0671. The quantitative estimate of drug-likeness (QED) is 0.909. The molecule has 0 aromatic carbocycles. The molecule has 8 heteroatoms. The zero-order valence-electron chi connectivity index (χ0n) is 13.3. The van der Waals surface area contributed by atoms with Crippen molar-refractivity contribution in [2.45, 2.75) is 13.8 Å². The van der Waals surface area contributed by atoms with Crippen LogP contribution in [-0.4, -0.2) is 63.6 Å². The van der Waals surface area contributed by atoms with Crippen LogP contribution in [0.15, 0.2) is 22.9 Å². The molecule has 3 heterocycles. The van der Waals surface area contributed by atoms with Gasteiger partial charge in [-0.05, 0) is 19.5 Å². The van der Waals surface area contributed by atoms with Gasteiger partial charge in [-0.2, -0.15) is 0 Å². The molecule has 0 saturated carbocycles. The number of carbonyl (C=O) groups excluding carboxylic acids is 1. The molecular formula is C15H20N6O2. The molecule has 1 N–H and O–H groups in total. The second-order valence-electron chi connectivity index (χ2n) is 5.44. The maximum absolute atomic E-state index is 12.6. The van der Waals surface area contributed by atoms with Crippen molar-refractivity contribution in [3.63, 3.8) is 0 Å². The molecule has 1 saturated heterocycles. The average Bonchev–Trinajstić information content (AvgIpc) is 2.99. The molecule has 0 aliphatic carbocycles. The van der Waals surface area contributed by atoms with E-state index in [0.29, 0.717) is 23.2 Å². The third kappa shape index (κ3) is 3.65. The van der Waals surface area contributed by atoms with Gasteiger partial charge in [-0.25, -0.2) is 9.97 Å². The minimum Gasteiger partial charge on any atom is -0.360 e. The molecule has 8 nitrogen and oxygen atoms in total. The van der Waals surface area contributed by atoms with E-state index in [9.17, 15) is 4.79 Å². The summed E-state index contributed by atoms with van der Waals surface area (Å²) in [5.74, 6) is 1.47. The Morgan fingerprint density at radius 3 is 2.78 bits per heavy atom. The monoisotopic (exact) mass is 316 g/mol. The Morgan fingerprint density at radius 2 is 2.13 bits per heavy atom. The largest absolute Gasteiger partial charge is 0.360 e. The fourth-order valence-corrected chi connectivity index (χ4v) is 2.51. The second kappa shape index (κ2) is 6.74. The first kappa shape index (κ1) is 15.4. The van der Waals surface area contributed by atoms with Gasteiger partial charge in [0.25, 0.3) is 5.91 Å². The Hall–Kier alpha value is -2.48. The summed E-state index contributed by atoms with van der Waals surface area (Å²) in [5, 5.41) is 6.76. The topological polar surface area (TPSA) is 87.4 Å². The van der Waals surface area contributed by atoms with Gasteiger partial charge < -0.3 is 19.6 Å². The summed E-state index contributed by atoms with van der Waals surface area (Å²) in [6, 6.07) is 3.37. The number of hydrogen-bond acceptors (Lipinski definition) is 7. The van der Waals surface area contributed by atoms with E-state index in [0.717, 1.165) is 32.7 Å². The van der Waals surface area contributed by atoms with Gasteiger partial charge in [0.1, 0.15) is 11.5 Å². The highest BCUT2D eigenvalue weighted by atomic mass is 16.5. The van der Waals surface area contributed by atoms with Crippen molar-refractivity contribution in [3.8, 4) is 0 Å². The van der Waals surface area contributed by atoms with Crippen molar-refractivity contribution in [2.75, 3.05) is 38.0 Å². The van der Waals surface area contributed by atoms with Crippen LogP contribution in [0.4, 0.5) is 11.8 Å². The number of nitrogens with zero attached hydrogens (tertiary/aromatic N) is 5. The number of rotatable bonds is 4. The molecule has 0 unspecified atom stereocenters. The van der Waals surface area contributed by atoms with E-state index in [1.165, 1.54) is 0 Å². The predicted octanol–water partition coefficient (Wildman–Crippen LogP) is 1.29. The lowest BCUT2D eigenvalue weighted by molar-refractivity contribution is 0.0637. The molecule has 3 rings (SSSR count). The molecule has 122 valence electrons. The molecule has 0 bridgehead atoms. The summed E-state index contributed by atoms with van der Waals surface area (Å²) >= 11 is 0. The number of amides is 1. The molecule has 0 atom stereocenters. The van der Waals surface area contributed by atoms with Crippen LogP contribution in [0.5, 0.6) is 0 Å². The smallest absolute Gasteiger partial charge is 0.272 e. The second-order valence-corrected chi connectivity index (χ2v) is 5.44. The number of likely N-dealkylation sites (N-methyl/N-ethyl adjacent to an activating group) is 1. The van der Waals surface area contributed by atoms with Crippen LogP contribution in [0.1, 0.15) is 23.2 Å². The number of carbonyl (C=O) groups is 1. The van der Waals surface area contributed by atoms with Crippen LogP contribution >= 0.6 is 0 Å². The first-order valence-corrected chi connectivity index (χ1v) is 7.70. The van der Waals surface area contributed by atoms with Crippen molar-refractivity contribution >= 4 is 17.7 Å². The van der Waals surface area contributed by atoms with Gasteiger partial charge >= 0.3 is 0 Å². The molecule has 1 fully saturated rings. The van der Waals surface area contributed by atoms with Gasteiger partial charge in [-0.3, -0.25) is 4.79 Å². The molecular weight excluding hydrogens is 296 g/mol. The highest BCUT2D eigenvalue weighted by molar-refractivity contribution is 5.92. The van der Waals surface area contributed by atoms with Gasteiger partial charge in [0.2, 0.25) is 5.95 Å². The predicted molar refractivity (Wildman–Crippen MR) is 84.6 cm³/mol. The van der Waals surface area contributed by atoms with Gasteiger partial charge in [-0.15, -0.1) is 0 Å². The van der Waals surface area contributed by atoms with E-state index in [4.69, 9.17) is 4.52 Å². The number of piperazine rings is 1. The normalized spacial score (nSPS) is 15.7. The fourth-order valence-electron chi connectivity index (χ4n) is 2.51. The summed E-state index contributed by atoms with van der Waals surface area (Å²) in [7, 11) is 0. The zero-order valence-corrected chi connectivity index (χ0v) is 13.3. The van der Waals surface area contributed by atoms with Crippen molar-refractivity contribution in [2.24, 2.45) is 0 Å². The van der Waals surface area contributed by atoms with Crippen LogP contribution in [0.3, 0.4) is 0 Å². The first-order chi connectivity index (χ1) is 11.2. The average molecular weight is 316 g/mol. The molecule has 1 amide bonds. The van der Waals surface area contributed by atoms with Crippen molar-refractivity contribution < 1.29 is 9.32 Å². The first-order valence-electron chi connectivity index (χ1n) is 7.70. The van der Waals surface area contributed by atoms with E-state index >= 15 is 0 Å². The molecule has 23 heavy (non-hydrogen) atoms. The van der Waals surface area contributed by atoms with E-state index in [1.54, 1.807) is 25.3 Å². The Labute approximate surface area is 134 Å². The summed E-state index contributed by atoms with van der Waals surface area (Å²) in [6.07, 6.45) is 1.57. The maximum atomic E-state index is 12.6. The van der Waals surface area contributed by atoms with Gasteiger partial charge in [0.05, 0.1) is 0 Å². The Morgan fingerprint density at radius 1 is 1.35 bits per heavy atom. The Kier molecular flexibility index (Phi) is 4.52. The van der Waals surface area contributed by atoms with Crippen molar-refractivity contribution in [1.29, 1.82) is 0 Å². The van der Waals surface area contributed by atoms with Gasteiger partial charge in [0.15, 0.2) is 5.82 Å². The minimum absolute atomic E-state index is 0.0671. The summed E-state index contributed by atoms with van der Waals surface area (Å²) in [6.45, 7) is 8.19. The van der Waals surface area contributed by atoms with E-state index in [1.807, 2.05) is 4.90 Å². The number of aromatic nitrogens is 3. The lowest BCUT2D eigenvalue weighted by Gasteiger charge is -2.33. The van der Waals surface area contributed by atoms with Crippen LogP contribution < -0.4 is 5.32 Å². The lowest BCUT2D eigenvalue weighted by Crippen LogP contribution is -2.48. The highest BCUT2D eigenvalue weighted by Crippen LogP contribution is 2.13. The third-order valence-corrected chi connectivity index (χ3v) is 3.85. The molecule has 0 radical (unpaired) electrons. The number of hydrogen-bond donors (Lipinski definition) is 1. The number of aryl methyl sites for hydroxylation is 1. The molecule has 1 aliphatic heterocycles. The Balaban J connectivity index is 1.68. The van der Waals surface area contributed by atoms with Gasteiger partial charge in [-0.1, -0.05) is 12.1 Å². The number of nitrogens with one attached hydrogen (secondary N) is 1. The Bertz CT molecular complexity index is 678. The zero-order chi connectivity index (χ0) is 16.2. The fraction of sp³-hybridized carbons (Fsp3) is 0.467. The maximum Gasteiger partial charge on any atom is 0.272 e. The highest BCUT2D eigenvalue weighted by Gasteiger charge is 2.22. The van der Waals surface area contributed by atoms with Crippen molar-refractivity contribution in [3.05, 3.63) is 29.8 Å². The number of anilines is 2. The molecule has 2 aromatic heterocycles. The third-order valence-electron chi connectivity index (χ3n) is 3.85. The van der Waals surface area contributed by atoms with E-state index in [-0.39, 0.29) is 5.91 Å².